The van der Waals surface area contributed by atoms with E-state index in [1.807, 2.05) is 0 Å². The van der Waals surface area contributed by atoms with Crippen molar-refractivity contribution >= 4 is 12.4 Å². The maximum absolute atomic E-state index is 9.30. The van der Waals surface area contributed by atoms with Crippen LogP contribution in [0.2, 0.25) is 0 Å². The molecule has 0 spiro atoms. The summed E-state index contributed by atoms with van der Waals surface area (Å²) in [5.74, 6) is -0.00609. The minimum Gasteiger partial charge on any atom is -0.508 e. The lowest BCUT2D eigenvalue weighted by molar-refractivity contribution is 0.442. The first-order chi connectivity index (χ1) is 5.65. The maximum Gasteiger partial charge on any atom is 0.124 e. The normalized spacial score (nSPS) is 11.8. The van der Waals surface area contributed by atoms with E-state index in [1.165, 1.54) is 12.1 Å². The molecule has 0 saturated carbocycles. The molecule has 4 nitrogen and oxygen atoms in total. The van der Waals surface area contributed by atoms with Crippen LogP contribution in [0.25, 0.3) is 0 Å². The van der Waals surface area contributed by atoms with E-state index >= 15 is 0 Å². The zero-order valence-corrected chi connectivity index (χ0v) is 7.79. The van der Waals surface area contributed by atoms with E-state index in [4.69, 9.17) is 16.6 Å². The Balaban J connectivity index is 0.00000144. The van der Waals surface area contributed by atoms with Gasteiger partial charge in [-0.3, -0.25) is 0 Å². The average molecular weight is 205 g/mol. The second kappa shape index (κ2) is 4.91. The third-order valence-corrected chi connectivity index (χ3v) is 1.67. The highest BCUT2D eigenvalue weighted by Crippen LogP contribution is 2.25. The van der Waals surface area contributed by atoms with Crippen molar-refractivity contribution in [3.8, 4) is 11.5 Å². The van der Waals surface area contributed by atoms with Gasteiger partial charge in [0.1, 0.15) is 11.5 Å². The molecule has 0 aliphatic carbocycles. The Hall–Kier alpha value is -0.970. The van der Waals surface area contributed by atoms with Crippen LogP contribution in [0.4, 0.5) is 0 Å². The highest BCUT2D eigenvalue weighted by atomic mass is 35.5. The highest BCUT2D eigenvalue weighted by molar-refractivity contribution is 5.85. The monoisotopic (exact) mass is 204 g/mol. The molecule has 1 aromatic rings. The van der Waals surface area contributed by atoms with Crippen LogP contribution >= 0.6 is 12.4 Å². The molecule has 74 valence electrons. The minimum atomic E-state index is -0.384. The van der Waals surface area contributed by atoms with Crippen molar-refractivity contribution < 1.29 is 10.2 Å². The molecule has 1 atom stereocenters. The molecule has 0 heterocycles. The smallest absolute Gasteiger partial charge is 0.124 e. The SMILES string of the molecule is Cl.NC[C@@H](N)c1ccc(O)cc1O. The second-order valence-electron chi connectivity index (χ2n) is 2.59. The summed E-state index contributed by atoms with van der Waals surface area (Å²) in [6.07, 6.45) is 0. The predicted octanol–water partition coefficient (Wildman–Crippen LogP) is 0.478. The molecule has 0 fully saturated rings. The van der Waals surface area contributed by atoms with Crippen LogP contribution < -0.4 is 11.5 Å². The van der Waals surface area contributed by atoms with Crippen LogP contribution in [0.1, 0.15) is 11.6 Å². The lowest BCUT2D eigenvalue weighted by Crippen LogP contribution is -2.20. The molecular formula is C8H13ClN2O2. The van der Waals surface area contributed by atoms with Crippen LogP contribution in [-0.4, -0.2) is 16.8 Å². The fraction of sp³-hybridized carbons (Fsp3) is 0.250. The van der Waals surface area contributed by atoms with Crippen LogP contribution in [-0.2, 0) is 0 Å². The van der Waals surface area contributed by atoms with Crippen LogP contribution in [0.3, 0.4) is 0 Å². The van der Waals surface area contributed by atoms with Crippen molar-refractivity contribution in [2.24, 2.45) is 11.5 Å². The summed E-state index contributed by atoms with van der Waals surface area (Å²) in [6, 6.07) is 3.88. The Bertz CT molecular complexity index is 281. The van der Waals surface area contributed by atoms with Gasteiger partial charge in [-0.05, 0) is 6.07 Å². The van der Waals surface area contributed by atoms with Gasteiger partial charge in [-0.25, -0.2) is 0 Å². The number of rotatable bonds is 2. The van der Waals surface area contributed by atoms with Crippen molar-refractivity contribution in [2.45, 2.75) is 6.04 Å². The van der Waals surface area contributed by atoms with Crippen molar-refractivity contribution in [3.05, 3.63) is 23.8 Å². The third-order valence-electron chi connectivity index (χ3n) is 1.67. The van der Waals surface area contributed by atoms with E-state index in [2.05, 4.69) is 0 Å². The molecule has 0 unspecified atom stereocenters. The van der Waals surface area contributed by atoms with Gasteiger partial charge in [0.2, 0.25) is 0 Å². The van der Waals surface area contributed by atoms with E-state index in [9.17, 15) is 5.11 Å². The summed E-state index contributed by atoms with van der Waals surface area (Å²) in [5.41, 5.74) is 11.4. The largest absolute Gasteiger partial charge is 0.508 e. The Morgan fingerprint density at radius 1 is 1.31 bits per heavy atom. The first kappa shape index (κ1) is 12.0. The van der Waals surface area contributed by atoms with Crippen LogP contribution in [0.15, 0.2) is 18.2 Å². The Morgan fingerprint density at radius 3 is 2.38 bits per heavy atom. The predicted molar refractivity (Wildman–Crippen MR) is 53.0 cm³/mol. The Morgan fingerprint density at radius 2 is 1.92 bits per heavy atom. The van der Waals surface area contributed by atoms with Gasteiger partial charge in [0.25, 0.3) is 0 Å². The summed E-state index contributed by atoms with van der Waals surface area (Å²) in [5, 5.41) is 18.3. The van der Waals surface area contributed by atoms with E-state index in [1.54, 1.807) is 6.07 Å². The molecule has 6 N–H and O–H groups in total. The molecule has 0 bridgehead atoms. The summed E-state index contributed by atoms with van der Waals surface area (Å²) in [7, 11) is 0. The standard InChI is InChI=1S/C8H12N2O2.ClH/c9-4-7(10)6-2-1-5(11)3-8(6)12;/h1-3,7,11-12H,4,9-10H2;1H/t7-;/m1./s1. The molecule has 1 rings (SSSR count). The van der Waals surface area contributed by atoms with E-state index in [0.717, 1.165) is 0 Å². The van der Waals surface area contributed by atoms with Gasteiger partial charge in [-0.1, -0.05) is 6.07 Å². The lowest BCUT2D eigenvalue weighted by atomic mass is 10.1. The van der Waals surface area contributed by atoms with Crippen molar-refractivity contribution in [1.29, 1.82) is 0 Å². The molecule has 0 saturated heterocycles. The Kier molecular flexibility index (Phi) is 4.55. The molecular weight excluding hydrogens is 192 g/mol. The molecule has 0 aliphatic rings. The maximum atomic E-state index is 9.30. The average Bonchev–Trinajstić information content (AvgIpc) is 2.03. The summed E-state index contributed by atoms with van der Waals surface area (Å²) in [6.45, 7) is 0.262. The topological polar surface area (TPSA) is 92.5 Å². The molecule has 0 aromatic heterocycles. The quantitative estimate of drug-likeness (QED) is 0.564. The zero-order chi connectivity index (χ0) is 9.14. The van der Waals surface area contributed by atoms with Crippen LogP contribution in [0, 0.1) is 0 Å². The molecule has 13 heavy (non-hydrogen) atoms. The van der Waals surface area contributed by atoms with Gasteiger partial charge in [0.15, 0.2) is 0 Å². The molecule has 0 radical (unpaired) electrons. The Labute approximate surface area is 82.6 Å². The first-order valence-electron chi connectivity index (χ1n) is 3.62. The van der Waals surface area contributed by atoms with Gasteiger partial charge in [0, 0.05) is 24.2 Å². The molecule has 0 aliphatic heterocycles. The fourth-order valence-electron chi connectivity index (χ4n) is 0.973. The summed E-state index contributed by atoms with van der Waals surface area (Å²) >= 11 is 0. The molecule has 5 heteroatoms. The number of benzene rings is 1. The van der Waals surface area contributed by atoms with E-state index in [-0.39, 0.29) is 36.5 Å². The highest BCUT2D eigenvalue weighted by Gasteiger charge is 2.08. The van der Waals surface area contributed by atoms with Gasteiger partial charge in [0.05, 0.1) is 0 Å². The minimum absolute atomic E-state index is 0. The number of hydrogen-bond donors (Lipinski definition) is 4. The number of halogens is 1. The van der Waals surface area contributed by atoms with E-state index < -0.39 is 0 Å². The zero-order valence-electron chi connectivity index (χ0n) is 6.97. The number of phenolic OH excluding ortho intramolecular Hbond substituents is 2. The number of phenols is 2. The molecule has 0 amide bonds. The van der Waals surface area contributed by atoms with Crippen LogP contribution in [0.5, 0.6) is 11.5 Å². The van der Waals surface area contributed by atoms with Gasteiger partial charge in [-0.2, -0.15) is 0 Å². The first-order valence-corrected chi connectivity index (χ1v) is 3.62. The lowest BCUT2D eigenvalue weighted by Gasteiger charge is -2.10. The van der Waals surface area contributed by atoms with Crippen molar-refractivity contribution in [1.82, 2.24) is 0 Å². The summed E-state index contributed by atoms with van der Waals surface area (Å²) in [4.78, 5) is 0. The third kappa shape index (κ3) is 2.77. The summed E-state index contributed by atoms with van der Waals surface area (Å²) < 4.78 is 0. The molecule has 1 aromatic carbocycles. The number of nitrogens with two attached hydrogens (primary N) is 2. The number of hydrogen-bond acceptors (Lipinski definition) is 4. The fourth-order valence-corrected chi connectivity index (χ4v) is 0.973. The van der Waals surface area contributed by atoms with Gasteiger partial charge < -0.3 is 21.7 Å². The van der Waals surface area contributed by atoms with Gasteiger partial charge in [-0.15, -0.1) is 12.4 Å². The van der Waals surface area contributed by atoms with Crippen molar-refractivity contribution in [3.63, 3.8) is 0 Å². The van der Waals surface area contributed by atoms with Gasteiger partial charge >= 0.3 is 0 Å². The number of aromatic hydroxyl groups is 2. The van der Waals surface area contributed by atoms with Crippen molar-refractivity contribution in [2.75, 3.05) is 6.54 Å². The van der Waals surface area contributed by atoms with E-state index in [0.29, 0.717) is 5.56 Å². The second-order valence-corrected chi connectivity index (χ2v) is 2.59.